The topological polar surface area (TPSA) is 119 Å². The monoisotopic (exact) mass is 486 g/mol. The van der Waals surface area contributed by atoms with Crippen molar-refractivity contribution < 1.29 is 29.1 Å². The van der Waals surface area contributed by atoms with Crippen LogP contribution in [0.2, 0.25) is 0 Å². The Kier molecular flexibility index (Phi) is 6.12. The number of hydrogen-bond acceptors (Lipinski definition) is 7. The van der Waals surface area contributed by atoms with Crippen LogP contribution in [-0.4, -0.2) is 46.4 Å². The minimum absolute atomic E-state index is 0.0846. The van der Waals surface area contributed by atoms with E-state index < -0.39 is 22.7 Å². The van der Waals surface area contributed by atoms with Gasteiger partial charge in [0.15, 0.2) is 11.5 Å². The van der Waals surface area contributed by atoms with E-state index in [2.05, 4.69) is 0 Å². The molecule has 5 rings (SSSR count). The molecule has 182 valence electrons. The Morgan fingerprint density at radius 1 is 0.972 bits per heavy atom. The average Bonchev–Trinajstić information content (AvgIpc) is 3.16. The summed E-state index contributed by atoms with van der Waals surface area (Å²) in [5.74, 6) is -0.966. The largest absolute Gasteiger partial charge is 0.507 e. The summed E-state index contributed by atoms with van der Waals surface area (Å²) in [5, 5.41) is 22.4. The molecule has 0 saturated carbocycles. The third-order valence-corrected chi connectivity index (χ3v) is 6.26. The minimum Gasteiger partial charge on any atom is -0.507 e. The molecule has 3 aromatic rings. The van der Waals surface area contributed by atoms with Gasteiger partial charge in [-0.25, -0.2) is 0 Å². The number of rotatable bonds is 6. The molecule has 9 nitrogen and oxygen atoms in total. The van der Waals surface area contributed by atoms with Crippen molar-refractivity contribution in [3.05, 3.63) is 105 Å². The number of aliphatic hydroxyl groups is 1. The molecular weight excluding hydrogens is 464 g/mol. The second-order valence-electron chi connectivity index (χ2n) is 8.44. The lowest BCUT2D eigenvalue weighted by atomic mass is 9.95. The van der Waals surface area contributed by atoms with Crippen LogP contribution >= 0.6 is 0 Å². The highest BCUT2D eigenvalue weighted by molar-refractivity contribution is 6.46. The molecule has 1 saturated heterocycles. The molecule has 0 radical (unpaired) electrons. The van der Waals surface area contributed by atoms with Crippen LogP contribution in [0.15, 0.2) is 78.4 Å². The smallest absolute Gasteiger partial charge is 0.295 e. The molecule has 2 aliphatic rings. The van der Waals surface area contributed by atoms with Gasteiger partial charge in [0.05, 0.1) is 16.5 Å². The van der Waals surface area contributed by atoms with Gasteiger partial charge in [-0.15, -0.1) is 0 Å². The first-order chi connectivity index (χ1) is 17.4. The van der Waals surface area contributed by atoms with Crippen LogP contribution in [0.4, 0.5) is 5.69 Å². The van der Waals surface area contributed by atoms with E-state index in [0.29, 0.717) is 42.3 Å². The highest BCUT2D eigenvalue weighted by Gasteiger charge is 2.46. The molecule has 0 aliphatic carbocycles. The van der Waals surface area contributed by atoms with E-state index >= 15 is 0 Å². The maximum absolute atomic E-state index is 13.2. The van der Waals surface area contributed by atoms with E-state index in [4.69, 9.17) is 9.47 Å². The van der Waals surface area contributed by atoms with Gasteiger partial charge in [-0.1, -0.05) is 30.3 Å². The summed E-state index contributed by atoms with van der Waals surface area (Å²) in [6.45, 7) is 0.975. The van der Waals surface area contributed by atoms with Gasteiger partial charge in [0, 0.05) is 24.2 Å². The van der Waals surface area contributed by atoms with Gasteiger partial charge in [0.1, 0.15) is 19.0 Å². The highest BCUT2D eigenvalue weighted by atomic mass is 16.6. The zero-order chi connectivity index (χ0) is 25.2. The van der Waals surface area contributed by atoms with Gasteiger partial charge in [-0.3, -0.25) is 19.7 Å². The molecule has 9 heteroatoms. The summed E-state index contributed by atoms with van der Waals surface area (Å²) in [4.78, 5) is 38.4. The second kappa shape index (κ2) is 9.53. The number of Topliss-reactive ketones (excluding diaryl/α,β-unsaturated/α-hetero) is 1. The van der Waals surface area contributed by atoms with Gasteiger partial charge in [-0.2, -0.15) is 0 Å². The van der Waals surface area contributed by atoms with Crippen LogP contribution in [0, 0.1) is 10.1 Å². The highest BCUT2D eigenvalue weighted by Crippen LogP contribution is 2.41. The number of nitrogens with zero attached hydrogens (tertiary/aromatic N) is 2. The van der Waals surface area contributed by atoms with Crippen molar-refractivity contribution in [2.75, 3.05) is 19.8 Å². The number of carbonyl (C=O) groups is 2. The number of nitro benzene ring substituents is 1. The van der Waals surface area contributed by atoms with Crippen molar-refractivity contribution in [3.8, 4) is 11.5 Å². The number of benzene rings is 3. The Morgan fingerprint density at radius 2 is 1.67 bits per heavy atom. The maximum atomic E-state index is 13.2. The van der Waals surface area contributed by atoms with E-state index in [0.717, 1.165) is 5.56 Å². The van der Waals surface area contributed by atoms with Crippen LogP contribution in [0.1, 0.15) is 22.7 Å². The maximum Gasteiger partial charge on any atom is 0.295 e. The number of ketones is 1. The van der Waals surface area contributed by atoms with Crippen molar-refractivity contribution in [1.29, 1.82) is 0 Å². The number of amides is 1. The lowest BCUT2D eigenvalue weighted by Crippen LogP contribution is -2.31. The first kappa shape index (κ1) is 23.1. The van der Waals surface area contributed by atoms with Gasteiger partial charge in [-0.05, 0) is 47.9 Å². The standard InChI is InChI=1S/C27H22N2O7/c30-25(19-8-11-21-22(16-19)36-15-14-35-21)23-24(18-6-9-20(10-7-18)29(33)34)28(27(32)26(23)31)13-12-17-4-2-1-3-5-17/h1-11,16,24,30H,12-15H2/b25-23-. The first-order valence-corrected chi connectivity index (χ1v) is 11.4. The summed E-state index contributed by atoms with van der Waals surface area (Å²) in [5.41, 5.74) is 1.55. The molecular formula is C27H22N2O7. The quantitative estimate of drug-likeness (QED) is 0.184. The van der Waals surface area contributed by atoms with Crippen molar-refractivity contribution in [1.82, 2.24) is 4.90 Å². The Bertz CT molecular complexity index is 1370. The van der Waals surface area contributed by atoms with Crippen LogP contribution in [-0.2, 0) is 16.0 Å². The summed E-state index contributed by atoms with van der Waals surface area (Å²) >= 11 is 0. The number of fused-ring (bicyclic) bond motifs is 1. The SMILES string of the molecule is O=C1C(=O)N(CCc2ccccc2)C(c2ccc([N+](=O)[O-])cc2)/C1=C(/O)c1ccc2c(c1)OCCO2. The number of hydrogen-bond donors (Lipinski definition) is 1. The van der Waals surface area contributed by atoms with E-state index in [-0.39, 0.29) is 23.6 Å². The van der Waals surface area contributed by atoms with Gasteiger partial charge < -0.3 is 19.5 Å². The van der Waals surface area contributed by atoms with E-state index in [1.807, 2.05) is 30.3 Å². The summed E-state index contributed by atoms with van der Waals surface area (Å²) in [7, 11) is 0. The number of ether oxygens (including phenoxy) is 2. The van der Waals surface area contributed by atoms with Crippen LogP contribution < -0.4 is 9.47 Å². The summed E-state index contributed by atoms with van der Waals surface area (Å²) < 4.78 is 11.1. The van der Waals surface area contributed by atoms with Crippen molar-refractivity contribution >= 4 is 23.1 Å². The van der Waals surface area contributed by atoms with E-state index in [1.54, 1.807) is 18.2 Å². The molecule has 1 amide bonds. The van der Waals surface area contributed by atoms with Crippen LogP contribution in [0.25, 0.3) is 5.76 Å². The van der Waals surface area contributed by atoms with Crippen molar-refractivity contribution in [2.45, 2.75) is 12.5 Å². The number of non-ortho nitro benzene ring substituents is 1. The van der Waals surface area contributed by atoms with E-state index in [1.165, 1.54) is 29.2 Å². The van der Waals surface area contributed by atoms with Crippen LogP contribution in [0.3, 0.4) is 0 Å². The van der Waals surface area contributed by atoms with Gasteiger partial charge in [0.25, 0.3) is 17.4 Å². The Morgan fingerprint density at radius 3 is 2.36 bits per heavy atom. The molecule has 3 aromatic carbocycles. The zero-order valence-corrected chi connectivity index (χ0v) is 19.1. The number of aliphatic hydroxyl groups excluding tert-OH is 1. The second-order valence-corrected chi connectivity index (χ2v) is 8.44. The molecule has 1 unspecified atom stereocenters. The number of carbonyl (C=O) groups excluding carboxylic acids is 2. The molecule has 1 atom stereocenters. The lowest BCUT2D eigenvalue weighted by molar-refractivity contribution is -0.384. The molecule has 0 bridgehead atoms. The summed E-state index contributed by atoms with van der Waals surface area (Å²) in [6, 6.07) is 19.0. The molecule has 0 aromatic heterocycles. The molecule has 36 heavy (non-hydrogen) atoms. The average molecular weight is 486 g/mol. The molecule has 1 fully saturated rings. The van der Waals surface area contributed by atoms with Crippen molar-refractivity contribution in [2.24, 2.45) is 0 Å². The third-order valence-electron chi connectivity index (χ3n) is 6.26. The number of nitro groups is 1. The normalized spacial score (nSPS) is 18.3. The fourth-order valence-corrected chi connectivity index (χ4v) is 4.48. The Hall–Kier alpha value is -4.66. The summed E-state index contributed by atoms with van der Waals surface area (Å²) in [6.07, 6.45) is 0.488. The van der Waals surface area contributed by atoms with E-state index in [9.17, 15) is 24.8 Å². The molecule has 2 aliphatic heterocycles. The predicted molar refractivity (Wildman–Crippen MR) is 130 cm³/mol. The lowest BCUT2D eigenvalue weighted by Gasteiger charge is -2.25. The molecule has 1 N–H and O–H groups in total. The zero-order valence-electron chi connectivity index (χ0n) is 19.1. The Balaban J connectivity index is 1.58. The first-order valence-electron chi connectivity index (χ1n) is 11.4. The van der Waals surface area contributed by atoms with Crippen LogP contribution in [0.5, 0.6) is 11.5 Å². The molecule has 2 heterocycles. The van der Waals surface area contributed by atoms with Gasteiger partial charge in [0.2, 0.25) is 0 Å². The fraction of sp³-hybridized carbons (Fsp3) is 0.185. The Labute approximate surface area is 206 Å². The minimum atomic E-state index is -0.914. The fourth-order valence-electron chi connectivity index (χ4n) is 4.48. The predicted octanol–water partition coefficient (Wildman–Crippen LogP) is 4.03. The molecule has 0 spiro atoms. The van der Waals surface area contributed by atoms with Gasteiger partial charge >= 0.3 is 0 Å². The van der Waals surface area contributed by atoms with Crippen molar-refractivity contribution in [3.63, 3.8) is 0 Å². The third kappa shape index (κ3) is 4.26. The number of likely N-dealkylation sites (tertiary alicyclic amines) is 1.